The molecule has 0 bridgehead atoms. The Bertz CT molecular complexity index is 6320. The summed E-state index contributed by atoms with van der Waals surface area (Å²) in [6.45, 7) is 8.42. The van der Waals surface area contributed by atoms with Gasteiger partial charge in [0.15, 0.2) is 34.5 Å². The van der Waals surface area contributed by atoms with Crippen molar-refractivity contribution in [3.63, 3.8) is 0 Å². The summed E-state index contributed by atoms with van der Waals surface area (Å²) in [5, 5.41) is 196. The summed E-state index contributed by atoms with van der Waals surface area (Å²) in [4.78, 5) is 2.11. The number of alkyl halides is 6. The van der Waals surface area contributed by atoms with E-state index in [1.165, 1.54) is 54.6 Å². The maximum atomic E-state index is 13.6. The quantitative estimate of drug-likeness (QED) is 0.0234. The van der Waals surface area contributed by atoms with Crippen LogP contribution in [0.4, 0.5) is 43.9 Å². The van der Waals surface area contributed by atoms with E-state index in [4.69, 9.17) is 143 Å². The smallest absolute Gasteiger partial charge is 0.411 e. The first kappa shape index (κ1) is 120. The highest BCUT2D eigenvalue weighted by Crippen LogP contribution is 2.57. The summed E-state index contributed by atoms with van der Waals surface area (Å²) in [6.07, 6.45) is -10.6. The van der Waals surface area contributed by atoms with Crippen molar-refractivity contribution in [1.29, 1.82) is 0 Å². The average Bonchev–Trinajstić information content (AvgIpc) is 0.714. The molecule has 0 unspecified atom stereocenters. The van der Waals surface area contributed by atoms with Crippen LogP contribution < -0.4 is 4.74 Å². The number of phenolic OH excluding ortho intramolecular Hbond substituents is 22. The Hall–Kier alpha value is -17.1. The van der Waals surface area contributed by atoms with E-state index >= 15 is 0 Å². The summed E-state index contributed by atoms with van der Waals surface area (Å²) >= 11 is 23.5. The molecular weight excluding hydrogens is 2080 g/mol. The first-order valence-corrected chi connectivity index (χ1v) is 45.7. The average molecular weight is 2170 g/mol. The minimum absolute atomic E-state index is 0.0764. The minimum atomic E-state index is -5.70. The fourth-order valence-corrected chi connectivity index (χ4v) is 14.3. The maximum Gasteiger partial charge on any atom is 0.411 e. The van der Waals surface area contributed by atoms with E-state index in [1.54, 1.807) is 176 Å². The lowest BCUT2D eigenvalue weighted by Crippen LogP contribution is -2.54. The molecule has 17 rings (SSSR count). The SMILES string of the molecule is CC(C)(c1ccc(O)cc1)c1ccc(O)cc1.CC(C)(c1ccc(O)cc1)c1cccc(O)c1.Oc1c(Cl)c(Cl)c(O)c(Cl)c1Cl.Oc1c(F)c(F)c(O)c(F)c1F.Oc1ccc(C(c2ccc(O)cc2)(C(F)(F)F)C(F)(F)F)cc1.Oc1ccc(Cc2ccc(O)cc2)cc1.Oc1ccc(O)cc1.Oc1ccc(Oc2ccc(O)cc2)cc1.Oc1ccc(Sc2ccc(O)cc2)cc1.Oc1cccc(O)c1.Oc1ccccc1O. The summed E-state index contributed by atoms with van der Waals surface area (Å²) in [6, 6.07) is 93.1. The molecule has 0 aliphatic heterocycles. The summed E-state index contributed by atoms with van der Waals surface area (Å²) in [5.74, 6) is -9.24. The molecule has 17 aromatic carbocycles. The number of phenols is 22. The molecule has 22 N–H and O–H groups in total. The van der Waals surface area contributed by atoms with Gasteiger partial charge >= 0.3 is 12.4 Å². The van der Waals surface area contributed by atoms with Gasteiger partial charge in [-0.1, -0.05) is 201 Å². The van der Waals surface area contributed by atoms with Crippen molar-refractivity contribution in [1.82, 2.24) is 0 Å². The van der Waals surface area contributed by atoms with Crippen LogP contribution >= 0.6 is 58.2 Å². The lowest BCUT2D eigenvalue weighted by atomic mass is 9.73. The number of rotatable bonds is 12. The van der Waals surface area contributed by atoms with Gasteiger partial charge in [-0.3, -0.25) is 0 Å². The Morgan fingerprint density at radius 1 is 0.220 bits per heavy atom. The van der Waals surface area contributed by atoms with Gasteiger partial charge in [-0.15, -0.1) is 0 Å². The zero-order chi connectivity index (χ0) is 111. The van der Waals surface area contributed by atoms with Crippen LogP contribution in [0, 0.1) is 23.3 Å². The van der Waals surface area contributed by atoms with Gasteiger partial charge in [-0.05, 0) is 294 Å². The van der Waals surface area contributed by atoms with Crippen molar-refractivity contribution in [2.75, 3.05) is 0 Å². The van der Waals surface area contributed by atoms with Crippen LogP contribution in [-0.2, 0) is 22.7 Å². The Kier molecular flexibility index (Phi) is 44.3. The Labute approximate surface area is 876 Å². The molecule has 0 saturated heterocycles. The third kappa shape index (κ3) is 36.0. The molecule has 0 aromatic heterocycles. The zero-order valence-corrected chi connectivity index (χ0v) is 82.6. The van der Waals surface area contributed by atoms with Gasteiger partial charge < -0.3 is 117 Å². The summed E-state index contributed by atoms with van der Waals surface area (Å²) in [7, 11) is 0. The number of hydrogen-bond donors (Lipinski definition) is 22. The summed E-state index contributed by atoms with van der Waals surface area (Å²) < 4.78 is 136. The van der Waals surface area contributed by atoms with Crippen LogP contribution in [0.2, 0.25) is 20.1 Å². The van der Waals surface area contributed by atoms with Crippen LogP contribution in [0.25, 0.3) is 0 Å². The van der Waals surface area contributed by atoms with E-state index in [-0.39, 0.29) is 123 Å². The van der Waals surface area contributed by atoms with E-state index in [0.717, 1.165) is 73.9 Å². The molecule has 0 fully saturated rings. The molecule has 786 valence electrons. The zero-order valence-electron chi connectivity index (χ0n) is 78.8. The minimum Gasteiger partial charge on any atom is -0.508 e. The number of benzene rings is 17. The van der Waals surface area contributed by atoms with Gasteiger partial charge in [0.05, 0.1) is 0 Å². The third-order valence-electron chi connectivity index (χ3n) is 20.9. The van der Waals surface area contributed by atoms with E-state index in [1.807, 2.05) is 97.1 Å². The largest absolute Gasteiger partial charge is 0.508 e. The first-order chi connectivity index (χ1) is 70.5. The molecule has 150 heavy (non-hydrogen) atoms. The number of ether oxygens (including phenoxy) is 1. The predicted octanol–water partition coefficient (Wildman–Crippen LogP) is 28.8. The summed E-state index contributed by atoms with van der Waals surface area (Å²) in [5.41, 5.74) is -0.125. The number of hydrogen-bond acceptors (Lipinski definition) is 24. The van der Waals surface area contributed by atoms with Crippen LogP contribution in [0.3, 0.4) is 0 Å². The third-order valence-corrected chi connectivity index (χ3v) is 23.6. The fourth-order valence-electron chi connectivity index (χ4n) is 12.7. The molecule has 0 radical (unpaired) electrons. The van der Waals surface area contributed by atoms with E-state index in [0.29, 0.717) is 35.8 Å². The molecule has 0 aliphatic rings. The number of para-hydroxylation sites is 2. The molecule has 0 amide bonds. The van der Waals surface area contributed by atoms with Gasteiger partial charge in [0, 0.05) is 26.7 Å². The fraction of sp³-hybridized carbons (Fsp3) is 0.0893. The molecule has 0 atom stereocenters. The number of aromatic hydroxyl groups is 22. The maximum absolute atomic E-state index is 13.6. The van der Waals surface area contributed by atoms with Gasteiger partial charge in [0.1, 0.15) is 124 Å². The second-order valence-electron chi connectivity index (χ2n) is 32.4. The molecule has 38 heteroatoms. The normalized spacial score (nSPS) is 10.7. The Morgan fingerprint density at radius 3 is 0.653 bits per heavy atom. The standard InChI is InChI=1S/C15H10F6O2.2C15H16O2.C13H12O2.C12H10O3.C12H10O2S.C6H2Cl4O2.C6H2F4O2.3C6H6O2/c16-14(17,18)13(15(19,20)21,9-1-5-11(22)6-2-9)10-3-7-12(23)8-4-10;1-15(2,11-3-7-13(16)8-4-11)12-5-9-14(17)10-6-12;1-15(2,11-6-8-13(16)9-7-11)12-4-3-5-14(17)10-12;14-12-5-1-10(2-6-12)9-11-3-7-13(15)8-4-11;2*13-9-1-5-11(6-2-9)15-12-7-3-10(14)4-8-12;2*7-1-2(8)6(12)4(10)3(9)5(1)11;7-5-1-2-6(8)4-3-5;7-5-2-1-3-6(8)4-5;7-5-3-1-2-4-6(5)8/h1-8,22-23H;2*3-10,16-17H,1-2H3;1-8,14-15H,9H2;2*1-8,13-14H;2*11-12H;3*1-4,7-8H. The topological polar surface area (TPSA) is 454 Å². The van der Waals surface area contributed by atoms with Crippen molar-refractivity contribution in [3.8, 4) is 138 Å². The van der Waals surface area contributed by atoms with Gasteiger partial charge in [-0.25, -0.2) is 0 Å². The molecule has 23 nitrogen and oxygen atoms in total. The molecule has 17 aromatic rings. The second kappa shape index (κ2) is 55.5. The van der Waals surface area contributed by atoms with E-state index in [9.17, 15) is 64.3 Å². The molecule has 0 spiro atoms. The lowest BCUT2D eigenvalue weighted by molar-refractivity contribution is -0.288. The van der Waals surface area contributed by atoms with Crippen molar-refractivity contribution < 1.29 is 161 Å². The molecule has 0 heterocycles. The second-order valence-corrected chi connectivity index (χ2v) is 35.1. The van der Waals surface area contributed by atoms with Crippen LogP contribution in [0.5, 0.6) is 138 Å². The first-order valence-electron chi connectivity index (χ1n) is 43.4. The highest BCUT2D eigenvalue weighted by atomic mass is 35.5. The Morgan fingerprint density at radius 2 is 0.427 bits per heavy atom. The van der Waals surface area contributed by atoms with E-state index < -0.39 is 86.7 Å². The highest BCUT2D eigenvalue weighted by Gasteiger charge is 2.72. The van der Waals surface area contributed by atoms with Gasteiger partial charge in [0.25, 0.3) is 0 Å². The lowest BCUT2D eigenvalue weighted by Gasteiger charge is -2.38. The monoisotopic (exact) mass is 2170 g/mol. The van der Waals surface area contributed by atoms with E-state index in [2.05, 4.69) is 27.7 Å². The van der Waals surface area contributed by atoms with Crippen LogP contribution in [-0.4, -0.2) is 125 Å². The van der Waals surface area contributed by atoms with Crippen molar-refractivity contribution in [3.05, 3.63) is 452 Å². The Balaban J connectivity index is 0.000000226. The molecular formula is C112H96Cl4F10O23S. The van der Waals surface area contributed by atoms with Crippen molar-refractivity contribution in [2.24, 2.45) is 0 Å². The highest BCUT2D eigenvalue weighted by molar-refractivity contribution is 7.99. The molecule has 0 aliphatic carbocycles. The molecule has 0 saturated carbocycles. The van der Waals surface area contributed by atoms with Gasteiger partial charge in [0.2, 0.25) is 28.7 Å². The van der Waals surface area contributed by atoms with Gasteiger partial charge in [-0.2, -0.15) is 43.9 Å². The number of halogens is 14. The predicted molar refractivity (Wildman–Crippen MR) is 550 cm³/mol. The van der Waals surface area contributed by atoms with Crippen LogP contribution in [0.15, 0.2) is 374 Å². The van der Waals surface area contributed by atoms with Crippen molar-refractivity contribution in [2.45, 2.75) is 72.5 Å². The van der Waals surface area contributed by atoms with Crippen LogP contribution in [0.1, 0.15) is 72.2 Å². The van der Waals surface area contributed by atoms with Crippen molar-refractivity contribution >= 4 is 58.2 Å².